The van der Waals surface area contributed by atoms with Gasteiger partial charge in [-0.25, -0.2) is 8.42 Å². The summed E-state index contributed by atoms with van der Waals surface area (Å²) in [6.07, 6.45) is 0.713. The monoisotopic (exact) mass is 609 g/mol. The van der Waals surface area contributed by atoms with Gasteiger partial charge in [0.1, 0.15) is 12.6 Å². The Kier molecular flexibility index (Phi) is 10.7. The lowest BCUT2D eigenvalue weighted by molar-refractivity contribution is -0.139. The molecule has 0 saturated heterocycles. The standard InChI is InChI=1S/C28H30Cl3N3O4S/c1-4-15-32-28(36)20(3)33(17-21-11-12-22(29)16-25(21)31)27(35)18-34(26-8-6-5-7-24(26)30)39(37,38)23-13-9-19(2)10-14-23/h5-14,16,20H,4,15,17-18H2,1-3H3,(H,32,36)/t20-/m1/s1. The van der Waals surface area contributed by atoms with E-state index in [1.165, 1.54) is 23.1 Å². The van der Waals surface area contributed by atoms with Gasteiger partial charge >= 0.3 is 0 Å². The van der Waals surface area contributed by atoms with Gasteiger partial charge in [-0.3, -0.25) is 13.9 Å². The van der Waals surface area contributed by atoms with Gasteiger partial charge in [0.2, 0.25) is 11.8 Å². The molecular weight excluding hydrogens is 581 g/mol. The highest BCUT2D eigenvalue weighted by atomic mass is 35.5. The van der Waals surface area contributed by atoms with E-state index in [1.807, 2.05) is 13.8 Å². The van der Waals surface area contributed by atoms with Crippen LogP contribution in [0.15, 0.2) is 71.6 Å². The zero-order chi connectivity index (χ0) is 28.7. The molecule has 0 unspecified atom stereocenters. The number of nitrogens with zero attached hydrogens (tertiary/aromatic N) is 2. The van der Waals surface area contributed by atoms with E-state index < -0.39 is 28.5 Å². The maximum absolute atomic E-state index is 13.9. The number of sulfonamides is 1. The van der Waals surface area contributed by atoms with Crippen molar-refractivity contribution in [2.24, 2.45) is 0 Å². The molecule has 3 aromatic carbocycles. The molecule has 0 spiro atoms. The number of carbonyl (C=O) groups is 2. The fraction of sp³-hybridized carbons (Fsp3) is 0.286. The molecule has 0 fully saturated rings. The first-order valence-corrected chi connectivity index (χ1v) is 14.9. The van der Waals surface area contributed by atoms with Crippen LogP contribution in [0.3, 0.4) is 0 Å². The summed E-state index contributed by atoms with van der Waals surface area (Å²) in [5.41, 5.74) is 1.57. The molecule has 0 saturated carbocycles. The predicted molar refractivity (Wildman–Crippen MR) is 157 cm³/mol. The lowest BCUT2D eigenvalue weighted by Crippen LogP contribution is -2.51. The number of hydrogen-bond donors (Lipinski definition) is 1. The predicted octanol–water partition coefficient (Wildman–Crippen LogP) is 6.09. The molecule has 3 rings (SSSR count). The first-order chi connectivity index (χ1) is 18.4. The number of benzene rings is 3. The summed E-state index contributed by atoms with van der Waals surface area (Å²) in [7, 11) is -4.21. The fourth-order valence-electron chi connectivity index (χ4n) is 3.82. The van der Waals surface area contributed by atoms with Gasteiger partial charge in [-0.1, -0.05) is 77.6 Å². The molecule has 3 aromatic rings. The minimum Gasteiger partial charge on any atom is -0.354 e. The van der Waals surface area contributed by atoms with Crippen molar-refractivity contribution in [2.75, 3.05) is 17.4 Å². The highest BCUT2D eigenvalue weighted by Crippen LogP contribution is 2.31. The van der Waals surface area contributed by atoms with E-state index in [0.29, 0.717) is 28.6 Å². The summed E-state index contributed by atoms with van der Waals surface area (Å²) < 4.78 is 28.6. The van der Waals surface area contributed by atoms with Crippen LogP contribution in [-0.2, 0) is 26.2 Å². The van der Waals surface area contributed by atoms with Crippen molar-refractivity contribution >= 4 is 62.3 Å². The Bertz CT molecular complexity index is 1430. The molecule has 0 aromatic heterocycles. The number of para-hydroxylation sites is 1. The Labute approximate surface area is 244 Å². The second kappa shape index (κ2) is 13.5. The Morgan fingerprint density at radius 2 is 1.62 bits per heavy atom. The smallest absolute Gasteiger partial charge is 0.264 e. The highest BCUT2D eigenvalue weighted by molar-refractivity contribution is 7.92. The Hall–Kier alpha value is -2.78. The van der Waals surface area contributed by atoms with Gasteiger partial charge in [0.15, 0.2) is 0 Å². The Morgan fingerprint density at radius 1 is 0.949 bits per heavy atom. The summed E-state index contributed by atoms with van der Waals surface area (Å²) in [4.78, 5) is 28.1. The molecule has 39 heavy (non-hydrogen) atoms. The second-order valence-electron chi connectivity index (χ2n) is 9.00. The van der Waals surface area contributed by atoms with Crippen molar-refractivity contribution in [3.63, 3.8) is 0 Å². The first kappa shape index (κ1) is 30.8. The molecule has 208 valence electrons. The van der Waals surface area contributed by atoms with Crippen LogP contribution in [0.5, 0.6) is 0 Å². The van der Waals surface area contributed by atoms with Crippen molar-refractivity contribution in [1.82, 2.24) is 10.2 Å². The molecule has 0 aliphatic heterocycles. The maximum atomic E-state index is 13.9. The number of amides is 2. The summed E-state index contributed by atoms with van der Waals surface area (Å²) >= 11 is 18.8. The quantitative estimate of drug-likeness (QED) is 0.285. The van der Waals surface area contributed by atoms with Crippen molar-refractivity contribution < 1.29 is 18.0 Å². The lowest BCUT2D eigenvalue weighted by atomic mass is 10.1. The number of halogens is 3. The number of rotatable bonds is 11. The van der Waals surface area contributed by atoms with Crippen molar-refractivity contribution in [1.29, 1.82) is 0 Å². The number of carbonyl (C=O) groups excluding carboxylic acids is 2. The summed E-state index contributed by atoms with van der Waals surface area (Å²) in [6, 6.07) is 16.6. The molecule has 0 aliphatic rings. The third kappa shape index (κ3) is 7.66. The van der Waals surface area contributed by atoms with E-state index in [0.717, 1.165) is 9.87 Å². The molecule has 1 atom stereocenters. The average molecular weight is 611 g/mol. The van der Waals surface area contributed by atoms with Crippen LogP contribution in [0, 0.1) is 6.92 Å². The van der Waals surface area contributed by atoms with Crippen molar-refractivity contribution in [3.8, 4) is 0 Å². The van der Waals surface area contributed by atoms with Crippen LogP contribution in [-0.4, -0.2) is 44.3 Å². The van der Waals surface area contributed by atoms with Gasteiger partial charge in [-0.2, -0.15) is 0 Å². The topological polar surface area (TPSA) is 86.8 Å². The van der Waals surface area contributed by atoms with E-state index >= 15 is 0 Å². The van der Waals surface area contributed by atoms with Crippen molar-refractivity contribution in [2.45, 2.75) is 44.7 Å². The van der Waals surface area contributed by atoms with E-state index in [2.05, 4.69) is 5.32 Å². The molecule has 0 radical (unpaired) electrons. The van der Waals surface area contributed by atoms with Crippen LogP contribution in [0.2, 0.25) is 15.1 Å². The Morgan fingerprint density at radius 3 is 2.23 bits per heavy atom. The van der Waals surface area contributed by atoms with Crippen LogP contribution < -0.4 is 9.62 Å². The minimum absolute atomic E-state index is 0.00172. The first-order valence-electron chi connectivity index (χ1n) is 12.3. The third-order valence-corrected chi connectivity index (χ3v) is 8.76. The normalized spacial score (nSPS) is 12.1. The Balaban J connectivity index is 2.05. The molecule has 7 nitrogen and oxygen atoms in total. The van der Waals surface area contributed by atoms with Gasteiger partial charge in [-0.05, 0) is 62.2 Å². The van der Waals surface area contributed by atoms with E-state index in [-0.39, 0.29) is 28.1 Å². The number of aryl methyl sites for hydroxylation is 1. The molecule has 0 aliphatic carbocycles. The highest BCUT2D eigenvalue weighted by Gasteiger charge is 2.33. The molecule has 0 bridgehead atoms. The lowest BCUT2D eigenvalue weighted by Gasteiger charge is -2.32. The van der Waals surface area contributed by atoms with Gasteiger partial charge in [-0.15, -0.1) is 0 Å². The third-order valence-electron chi connectivity index (χ3n) is 6.08. The van der Waals surface area contributed by atoms with Crippen LogP contribution in [0.4, 0.5) is 5.69 Å². The maximum Gasteiger partial charge on any atom is 0.264 e. The zero-order valence-corrected chi connectivity index (χ0v) is 24.9. The second-order valence-corrected chi connectivity index (χ2v) is 12.1. The van der Waals surface area contributed by atoms with Gasteiger partial charge in [0.25, 0.3) is 10.0 Å². The molecular formula is C28H30Cl3N3O4S. The minimum atomic E-state index is -4.21. The number of anilines is 1. The number of hydrogen-bond acceptors (Lipinski definition) is 4. The van der Waals surface area contributed by atoms with Crippen LogP contribution >= 0.6 is 34.8 Å². The average Bonchev–Trinajstić information content (AvgIpc) is 2.90. The summed E-state index contributed by atoms with van der Waals surface area (Å²) in [5.74, 6) is -0.989. The van der Waals surface area contributed by atoms with E-state index in [4.69, 9.17) is 34.8 Å². The van der Waals surface area contributed by atoms with Crippen LogP contribution in [0.1, 0.15) is 31.4 Å². The van der Waals surface area contributed by atoms with E-state index in [1.54, 1.807) is 55.5 Å². The van der Waals surface area contributed by atoms with Crippen LogP contribution in [0.25, 0.3) is 0 Å². The molecule has 1 N–H and O–H groups in total. The fourth-order valence-corrected chi connectivity index (χ4v) is 6.01. The summed E-state index contributed by atoms with van der Waals surface area (Å²) in [5, 5.41) is 3.68. The van der Waals surface area contributed by atoms with Crippen molar-refractivity contribution in [3.05, 3.63) is 92.9 Å². The SMILES string of the molecule is CCCNC(=O)[C@@H](C)N(Cc1ccc(Cl)cc1Cl)C(=O)CN(c1ccccc1Cl)S(=O)(=O)c1ccc(C)cc1. The number of nitrogens with one attached hydrogen (secondary N) is 1. The molecule has 2 amide bonds. The van der Waals surface area contributed by atoms with Gasteiger partial charge in [0.05, 0.1) is 15.6 Å². The van der Waals surface area contributed by atoms with Gasteiger partial charge < -0.3 is 10.2 Å². The largest absolute Gasteiger partial charge is 0.354 e. The summed E-state index contributed by atoms with van der Waals surface area (Å²) in [6.45, 7) is 5.13. The molecule has 11 heteroatoms. The molecule has 0 heterocycles. The zero-order valence-electron chi connectivity index (χ0n) is 21.8. The van der Waals surface area contributed by atoms with E-state index in [9.17, 15) is 18.0 Å². The van der Waals surface area contributed by atoms with Gasteiger partial charge in [0, 0.05) is 23.1 Å².